The highest BCUT2D eigenvalue weighted by Crippen LogP contribution is 2.34. The van der Waals surface area contributed by atoms with Crippen LogP contribution in [0.5, 0.6) is 0 Å². The summed E-state index contributed by atoms with van der Waals surface area (Å²) in [5.41, 5.74) is 1.39. The van der Waals surface area contributed by atoms with E-state index in [2.05, 4.69) is 10.4 Å². The van der Waals surface area contributed by atoms with Crippen LogP contribution in [-0.2, 0) is 10.5 Å². The van der Waals surface area contributed by atoms with Crippen molar-refractivity contribution >= 4 is 39.7 Å². The fourth-order valence-corrected chi connectivity index (χ4v) is 5.58. The SMILES string of the molecule is CC(C)C(=O)Nc1ccccc1SCc1cc(=O)n2nc(C3CCCCC3)sc2n1. The molecule has 0 unspecified atom stereocenters. The molecule has 0 saturated heterocycles. The standard InChI is InChI=1S/C22H26N4O2S2/c1-14(2)20(28)24-17-10-6-7-11-18(17)29-13-16-12-19(27)26-22(23-16)30-21(25-26)15-8-4-3-5-9-15/h6-7,10-12,14-15H,3-5,8-9,13H2,1-2H3,(H,24,28). The number of thioether (sulfide) groups is 1. The highest BCUT2D eigenvalue weighted by atomic mass is 32.2. The molecule has 1 amide bonds. The second kappa shape index (κ2) is 9.31. The number of hydrogen-bond donors (Lipinski definition) is 1. The van der Waals surface area contributed by atoms with Gasteiger partial charge < -0.3 is 5.32 Å². The number of aromatic nitrogens is 3. The maximum atomic E-state index is 12.6. The Labute approximate surface area is 184 Å². The average molecular weight is 443 g/mol. The molecule has 2 heterocycles. The van der Waals surface area contributed by atoms with Gasteiger partial charge in [-0.2, -0.15) is 9.61 Å². The molecule has 0 radical (unpaired) electrons. The number of carbonyl (C=O) groups excluding carboxylic acids is 1. The Hall–Kier alpha value is -2.19. The Balaban J connectivity index is 1.52. The lowest BCUT2D eigenvalue weighted by atomic mass is 9.90. The molecule has 2 aromatic heterocycles. The van der Waals surface area contributed by atoms with Crippen LogP contribution in [0.4, 0.5) is 5.69 Å². The minimum Gasteiger partial charge on any atom is -0.325 e. The summed E-state index contributed by atoms with van der Waals surface area (Å²) in [5.74, 6) is 0.911. The average Bonchev–Trinajstić information content (AvgIpc) is 3.18. The van der Waals surface area contributed by atoms with Gasteiger partial charge in [0.2, 0.25) is 10.9 Å². The summed E-state index contributed by atoms with van der Waals surface area (Å²) >= 11 is 3.11. The lowest BCUT2D eigenvalue weighted by Gasteiger charge is -2.18. The quantitative estimate of drug-likeness (QED) is 0.539. The molecule has 1 aliphatic carbocycles. The first-order valence-corrected chi connectivity index (χ1v) is 12.2. The third kappa shape index (κ3) is 4.75. The van der Waals surface area contributed by atoms with E-state index in [1.807, 2.05) is 38.1 Å². The van der Waals surface area contributed by atoms with Crippen LogP contribution in [0.2, 0.25) is 0 Å². The Morgan fingerprint density at radius 2 is 2.03 bits per heavy atom. The molecule has 4 rings (SSSR count). The van der Waals surface area contributed by atoms with E-state index in [9.17, 15) is 9.59 Å². The second-order valence-corrected chi connectivity index (χ2v) is 9.99. The normalized spacial score (nSPS) is 15.0. The lowest BCUT2D eigenvalue weighted by molar-refractivity contribution is -0.118. The van der Waals surface area contributed by atoms with E-state index in [4.69, 9.17) is 4.98 Å². The number of nitrogens with zero attached hydrogens (tertiary/aromatic N) is 3. The zero-order chi connectivity index (χ0) is 21.1. The van der Waals surface area contributed by atoms with Crippen molar-refractivity contribution in [1.29, 1.82) is 0 Å². The minimum absolute atomic E-state index is 0.0132. The van der Waals surface area contributed by atoms with Crippen LogP contribution in [0.1, 0.15) is 62.6 Å². The molecule has 0 aliphatic heterocycles. The molecule has 0 atom stereocenters. The van der Waals surface area contributed by atoms with E-state index in [-0.39, 0.29) is 17.4 Å². The maximum absolute atomic E-state index is 12.6. The number of hydrogen-bond acceptors (Lipinski definition) is 6. The Morgan fingerprint density at radius 3 is 2.80 bits per heavy atom. The van der Waals surface area contributed by atoms with Crippen molar-refractivity contribution in [2.45, 2.75) is 62.5 Å². The number of anilines is 1. The van der Waals surface area contributed by atoms with Crippen molar-refractivity contribution in [1.82, 2.24) is 14.6 Å². The fourth-order valence-electron chi connectivity index (χ4n) is 3.58. The molecule has 3 aromatic rings. The van der Waals surface area contributed by atoms with Crippen molar-refractivity contribution in [3.63, 3.8) is 0 Å². The topological polar surface area (TPSA) is 76.4 Å². The van der Waals surface area contributed by atoms with Crippen LogP contribution in [-0.4, -0.2) is 20.5 Å². The number of carbonyl (C=O) groups is 1. The summed E-state index contributed by atoms with van der Waals surface area (Å²) in [5, 5.41) is 8.57. The van der Waals surface area contributed by atoms with Crippen LogP contribution < -0.4 is 10.9 Å². The van der Waals surface area contributed by atoms with E-state index in [1.54, 1.807) is 29.2 Å². The first-order chi connectivity index (χ1) is 14.5. The number of rotatable bonds is 6. The van der Waals surface area contributed by atoms with E-state index in [0.29, 0.717) is 16.6 Å². The van der Waals surface area contributed by atoms with Crippen LogP contribution in [0.3, 0.4) is 0 Å². The molecule has 1 fully saturated rings. The molecule has 30 heavy (non-hydrogen) atoms. The molecular formula is C22H26N4O2S2. The monoisotopic (exact) mass is 442 g/mol. The third-order valence-corrected chi connectivity index (χ3v) is 7.49. The molecule has 1 aromatic carbocycles. The van der Waals surface area contributed by atoms with Crippen molar-refractivity contribution in [2.24, 2.45) is 5.92 Å². The summed E-state index contributed by atoms with van der Waals surface area (Å²) in [7, 11) is 0. The highest BCUT2D eigenvalue weighted by molar-refractivity contribution is 7.98. The third-order valence-electron chi connectivity index (χ3n) is 5.31. The van der Waals surface area contributed by atoms with Crippen LogP contribution >= 0.6 is 23.1 Å². The van der Waals surface area contributed by atoms with Gasteiger partial charge >= 0.3 is 0 Å². The van der Waals surface area contributed by atoms with E-state index in [0.717, 1.165) is 34.1 Å². The predicted octanol–water partition coefficient (Wildman–Crippen LogP) is 5.09. The number of fused-ring (bicyclic) bond motifs is 1. The molecule has 6 nitrogen and oxygen atoms in total. The molecule has 1 aliphatic rings. The van der Waals surface area contributed by atoms with Crippen LogP contribution in [0.15, 0.2) is 40.0 Å². The summed E-state index contributed by atoms with van der Waals surface area (Å²) in [4.78, 5) is 31.0. The lowest BCUT2D eigenvalue weighted by Crippen LogP contribution is -2.18. The van der Waals surface area contributed by atoms with Gasteiger partial charge in [0.25, 0.3) is 5.56 Å². The van der Waals surface area contributed by atoms with Crippen molar-refractivity contribution in [3.05, 3.63) is 51.4 Å². The molecule has 0 bridgehead atoms. The summed E-state index contributed by atoms with van der Waals surface area (Å²) < 4.78 is 1.44. The van der Waals surface area contributed by atoms with Crippen LogP contribution in [0, 0.1) is 5.92 Å². The van der Waals surface area contributed by atoms with Crippen molar-refractivity contribution in [3.8, 4) is 0 Å². The first-order valence-electron chi connectivity index (χ1n) is 10.4. The smallest absolute Gasteiger partial charge is 0.275 e. The summed E-state index contributed by atoms with van der Waals surface area (Å²) in [6, 6.07) is 9.28. The largest absolute Gasteiger partial charge is 0.325 e. The highest BCUT2D eigenvalue weighted by Gasteiger charge is 2.20. The van der Waals surface area contributed by atoms with Crippen molar-refractivity contribution < 1.29 is 4.79 Å². The fraction of sp³-hybridized carbons (Fsp3) is 0.455. The van der Waals surface area contributed by atoms with Gasteiger partial charge in [0.1, 0.15) is 5.01 Å². The number of para-hydroxylation sites is 1. The molecular weight excluding hydrogens is 416 g/mol. The molecule has 0 spiro atoms. The Kier molecular flexibility index (Phi) is 6.53. The van der Waals surface area contributed by atoms with Gasteiger partial charge in [0.15, 0.2) is 0 Å². The maximum Gasteiger partial charge on any atom is 0.275 e. The van der Waals surface area contributed by atoms with Gasteiger partial charge in [0, 0.05) is 28.6 Å². The van der Waals surface area contributed by atoms with Crippen molar-refractivity contribution in [2.75, 3.05) is 5.32 Å². The minimum atomic E-state index is -0.129. The number of amides is 1. The van der Waals surface area contributed by atoms with E-state index >= 15 is 0 Å². The second-order valence-electron chi connectivity index (χ2n) is 7.98. The summed E-state index contributed by atoms with van der Waals surface area (Å²) in [6.45, 7) is 3.74. The molecule has 8 heteroatoms. The van der Waals surface area contributed by atoms with E-state index < -0.39 is 0 Å². The van der Waals surface area contributed by atoms with Gasteiger partial charge in [-0.05, 0) is 25.0 Å². The summed E-state index contributed by atoms with van der Waals surface area (Å²) in [6.07, 6.45) is 6.06. The van der Waals surface area contributed by atoms with Crippen LogP contribution in [0.25, 0.3) is 4.96 Å². The van der Waals surface area contributed by atoms with E-state index in [1.165, 1.54) is 23.8 Å². The zero-order valence-corrected chi connectivity index (χ0v) is 18.9. The molecule has 158 valence electrons. The zero-order valence-electron chi connectivity index (χ0n) is 17.3. The molecule has 1 saturated carbocycles. The predicted molar refractivity (Wildman–Crippen MR) is 122 cm³/mol. The Bertz CT molecular complexity index is 1100. The Morgan fingerprint density at radius 1 is 1.27 bits per heavy atom. The van der Waals surface area contributed by atoms with Gasteiger partial charge in [0.05, 0.1) is 11.4 Å². The first kappa shape index (κ1) is 21.1. The number of nitrogens with one attached hydrogen (secondary N) is 1. The van der Waals surface area contributed by atoms with Gasteiger partial charge in [-0.15, -0.1) is 11.8 Å². The molecule has 1 N–H and O–H groups in total. The van der Waals surface area contributed by atoms with Gasteiger partial charge in [-0.3, -0.25) is 9.59 Å². The number of benzene rings is 1. The van der Waals surface area contributed by atoms with Gasteiger partial charge in [-0.1, -0.05) is 56.6 Å². The van der Waals surface area contributed by atoms with Gasteiger partial charge in [-0.25, -0.2) is 4.98 Å².